The summed E-state index contributed by atoms with van der Waals surface area (Å²) in [6.45, 7) is 3.53. The molecule has 1 unspecified atom stereocenters. The molecule has 0 aliphatic carbocycles. The van der Waals surface area contributed by atoms with Crippen molar-refractivity contribution in [2.24, 2.45) is 0 Å². The number of nitrogens with one attached hydrogen (secondary N) is 1. The molecule has 0 bridgehead atoms. The van der Waals surface area contributed by atoms with Crippen LogP contribution in [0.4, 0.5) is 5.69 Å². The number of morpholine rings is 1. The van der Waals surface area contributed by atoms with Crippen LogP contribution in [0.3, 0.4) is 0 Å². The molecule has 1 fully saturated rings. The number of hydrogen-bond acceptors (Lipinski definition) is 4. The Balaban J connectivity index is 1.75. The predicted octanol–water partition coefficient (Wildman–Crippen LogP) is 3.21. The summed E-state index contributed by atoms with van der Waals surface area (Å²) in [4.78, 5) is 17.0. The van der Waals surface area contributed by atoms with Gasteiger partial charge in [-0.1, -0.05) is 35.9 Å². The third-order valence-corrected chi connectivity index (χ3v) is 5.18. The Bertz CT molecular complexity index is 776. The van der Waals surface area contributed by atoms with Gasteiger partial charge in [0.15, 0.2) is 0 Å². The van der Waals surface area contributed by atoms with Gasteiger partial charge in [0, 0.05) is 50.0 Å². The van der Waals surface area contributed by atoms with Crippen LogP contribution in [0.1, 0.15) is 22.0 Å². The molecule has 0 radical (unpaired) electrons. The third kappa shape index (κ3) is 5.01. The summed E-state index contributed by atoms with van der Waals surface area (Å²) in [5, 5.41) is 3.81. The lowest BCUT2D eigenvalue weighted by Crippen LogP contribution is -2.44. The van der Waals surface area contributed by atoms with Crippen LogP contribution in [-0.2, 0) is 4.74 Å². The second-order valence-electron chi connectivity index (χ2n) is 6.84. The average molecular weight is 388 g/mol. The summed E-state index contributed by atoms with van der Waals surface area (Å²) in [6.07, 6.45) is 0. The minimum absolute atomic E-state index is 0.0172. The number of carbonyl (C=O) groups excluding carboxylic acids is 1. The molecule has 1 aliphatic heterocycles. The lowest BCUT2D eigenvalue weighted by atomic mass is 10.0. The second-order valence-corrected chi connectivity index (χ2v) is 7.25. The Kier molecular flexibility index (Phi) is 6.72. The fraction of sp³-hybridized carbons (Fsp3) is 0.381. The first-order valence-corrected chi connectivity index (χ1v) is 9.56. The van der Waals surface area contributed by atoms with Gasteiger partial charge < -0.3 is 15.0 Å². The molecule has 1 N–H and O–H groups in total. The summed E-state index contributed by atoms with van der Waals surface area (Å²) >= 11 is 6.45. The Morgan fingerprint density at radius 3 is 2.63 bits per heavy atom. The Morgan fingerprint density at radius 1 is 1.19 bits per heavy atom. The van der Waals surface area contributed by atoms with Crippen molar-refractivity contribution in [1.29, 1.82) is 0 Å². The van der Waals surface area contributed by atoms with Crippen molar-refractivity contribution in [3.8, 4) is 0 Å². The smallest absolute Gasteiger partial charge is 0.251 e. The maximum absolute atomic E-state index is 12.7. The molecule has 1 heterocycles. The molecular formula is C21H26ClN3O2. The minimum Gasteiger partial charge on any atom is -0.379 e. The summed E-state index contributed by atoms with van der Waals surface area (Å²) in [5.74, 6) is -0.0796. The van der Waals surface area contributed by atoms with E-state index < -0.39 is 0 Å². The first kappa shape index (κ1) is 19.7. The van der Waals surface area contributed by atoms with E-state index in [9.17, 15) is 4.79 Å². The zero-order valence-corrected chi connectivity index (χ0v) is 16.6. The van der Waals surface area contributed by atoms with Crippen LogP contribution in [-0.4, -0.2) is 57.8 Å². The largest absolute Gasteiger partial charge is 0.379 e. The van der Waals surface area contributed by atoms with Crippen molar-refractivity contribution in [3.05, 3.63) is 64.7 Å². The normalized spacial score (nSPS) is 16.0. The van der Waals surface area contributed by atoms with Gasteiger partial charge in [0.2, 0.25) is 0 Å². The van der Waals surface area contributed by atoms with Crippen LogP contribution in [0.15, 0.2) is 48.5 Å². The van der Waals surface area contributed by atoms with Gasteiger partial charge in [0.25, 0.3) is 5.91 Å². The number of amides is 1. The number of halogens is 1. The number of ether oxygens (including phenoxy) is 1. The van der Waals surface area contributed by atoms with Gasteiger partial charge in [-0.05, 0) is 29.8 Å². The van der Waals surface area contributed by atoms with Crippen molar-refractivity contribution in [2.75, 3.05) is 51.8 Å². The van der Waals surface area contributed by atoms with Crippen molar-refractivity contribution in [1.82, 2.24) is 10.2 Å². The monoisotopic (exact) mass is 387 g/mol. The molecule has 6 heteroatoms. The van der Waals surface area contributed by atoms with Crippen molar-refractivity contribution in [3.63, 3.8) is 0 Å². The standard InChI is InChI=1S/C21H26ClN3O2/c1-24(2)17-7-5-6-16(14-17)21(26)23-15-20(25-10-12-27-13-11-25)18-8-3-4-9-19(18)22/h3-9,14,20H,10-13,15H2,1-2H3,(H,23,26). The lowest BCUT2D eigenvalue weighted by molar-refractivity contribution is 0.0162. The van der Waals surface area contributed by atoms with Gasteiger partial charge in [-0.15, -0.1) is 0 Å². The van der Waals surface area contributed by atoms with E-state index in [0.717, 1.165) is 29.4 Å². The number of carbonyl (C=O) groups is 1. The van der Waals surface area contributed by atoms with E-state index >= 15 is 0 Å². The van der Waals surface area contributed by atoms with E-state index in [1.165, 1.54) is 0 Å². The highest BCUT2D eigenvalue weighted by Crippen LogP contribution is 2.28. The molecule has 1 atom stereocenters. The van der Waals surface area contributed by atoms with Gasteiger partial charge in [-0.25, -0.2) is 0 Å². The van der Waals surface area contributed by atoms with Crippen LogP contribution in [0.5, 0.6) is 0 Å². The molecule has 27 heavy (non-hydrogen) atoms. The highest BCUT2D eigenvalue weighted by molar-refractivity contribution is 6.31. The Labute approximate surface area is 165 Å². The van der Waals surface area contributed by atoms with Gasteiger partial charge in [-0.2, -0.15) is 0 Å². The Morgan fingerprint density at radius 2 is 1.93 bits per heavy atom. The summed E-state index contributed by atoms with van der Waals surface area (Å²) in [7, 11) is 3.92. The SMILES string of the molecule is CN(C)c1cccc(C(=O)NCC(c2ccccc2Cl)N2CCOCC2)c1. The number of hydrogen-bond donors (Lipinski definition) is 1. The molecule has 5 nitrogen and oxygen atoms in total. The molecule has 144 valence electrons. The molecule has 2 aromatic carbocycles. The van der Waals surface area contributed by atoms with E-state index in [4.69, 9.17) is 16.3 Å². The first-order valence-electron chi connectivity index (χ1n) is 9.18. The van der Waals surface area contributed by atoms with Crippen LogP contribution in [0.25, 0.3) is 0 Å². The minimum atomic E-state index is -0.0796. The molecule has 1 amide bonds. The number of benzene rings is 2. The van der Waals surface area contributed by atoms with Gasteiger partial charge >= 0.3 is 0 Å². The topological polar surface area (TPSA) is 44.8 Å². The zero-order valence-electron chi connectivity index (χ0n) is 15.8. The van der Waals surface area contributed by atoms with Crippen molar-refractivity contribution >= 4 is 23.2 Å². The fourth-order valence-electron chi connectivity index (χ4n) is 3.29. The quantitative estimate of drug-likeness (QED) is 0.826. The van der Waals surface area contributed by atoms with E-state index in [2.05, 4.69) is 10.2 Å². The summed E-state index contributed by atoms with van der Waals surface area (Å²) in [6, 6.07) is 15.5. The third-order valence-electron chi connectivity index (χ3n) is 4.83. The predicted molar refractivity (Wildman–Crippen MR) is 110 cm³/mol. The van der Waals surface area contributed by atoms with E-state index in [1.54, 1.807) is 0 Å². The highest BCUT2D eigenvalue weighted by atomic mass is 35.5. The number of anilines is 1. The highest BCUT2D eigenvalue weighted by Gasteiger charge is 2.25. The van der Waals surface area contributed by atoms with Crippen LogP contribution >= 0.6 is 11.6 Å². The summed E-state index contributed by atoms with van der Waals surface area (Å²) in [5.41, 5.74) is 2.68. The molecule has 0 aromatic heterocycles. The molecular weight excluding hydrogens is 362 g/mol. The second kappa shape index (κ2) is 9.22. The molecule has 1 aliphatic rings. The molecule has 2 aromatic rings. The van der Waals surface area contributed by atoms with E-state index in [-0.39, 0.29) is 11.9 Å². The van der Waals surface area contributed by atoms with Crippen LogP contribution in [0.2, 0.25) is 5.02 Å². The maximum Gasteiger partial charge on any atom is 0.251 e. The zero-order chi connectivity index (χ0) is 19.2. The lowest BCUT2D eigenvalue weighted by Gasteiger charge is -2.35. The van der Waals surface area contributed by atoms with Crippen LogP contribution in [0, 0.1) is 0 Å². The number of nitrogens with zero attached hydrogens (tertiary/aromatic N) is 2. The molecule has 0 saturated carbocycles. The Hall–Kier alpha value is -2.08. The van der Waals surface area contributed by atoms with Gasteiger partial charge in [-0.3, -0.25) is 9.69 Å². The van der Waals surface area contributed by atoms with Gasteiger partial charge in [0.1, 0.15) is 0 Å². The van der Waals surface area contributed by atoms with Crippen molar-refractivity contribution < 1.29 is 9.53 Å². The van der Waals surface area contributed by atoms with Crippen molar-refractivity contribution in [2.45, 2.75) is 6.04 Å². The molecule has 3 rings (SSSR count). The number of rotatable bonds is 6. The molecule has 1 saturated heterocycles. The fourth-order valence-corrected chi connectivity index (χ4v) is 3.55. The van der Waals surface area contributed by atoms with E-state index in [0.29, 0.717) is 25.3 Å². The molecule has 0 spiro atoms. The van der Waals surface area contributed by atoms with E-state index in [1.807, 2.05) is 67.5 Å². The first-order chi connectivity index (χ1) is 13.1. The average Bonchev–Trinajstić information content (AvgIpc) is 2.70. The van der Waals surface area contributed by atoms with Crippen LogP contribution < -0.4 is 10.2 Å². The maximum atomic E-state index is 12.7. The van der Waals surface area contributed by atoms with Gasteiger partial charge in [0.05, 0.1) is 19.3 Å². The summed E-state index contributed by atoms with van der Waals surface area (Å²) < 4.78 is 5.48.